The van der Waals surface area contributed by atoms with Crippen LogP contribution in [0.1, 0.15) is 24.2 Å². The summed E-state index contributed by atoms with van der Waals surface area (Å²) in [5, 5.41) is 0. The highest BCUT2D eigenvalue weighted by Crippen LogP contribution is 2.38. The highest BCUT2D eigenvalue weighted by atomic mass is 16.7. The lowest BCUT2D eigenvalue weighted by Gasteiger charge is -2.06. The second-order valence-corrected chi connectivity index (χ2v) is 4.84. The van der Waals surface area contributed by atoms with E-state index >= 15 is 0 Å². The maximum atomic E-state index is 5.66. The second-order valence-electron chi connectivity index (χ2n) is 4.84. The quantitative estimate of drug-likeness (QED) is 0.886. The van der Waals surface area contributed by atoms with E-state index in [0.29, 0.717) is 6.54 Å². The SMILES string of the molecule is Cc1cc2c(cc1-c1cnc(C(C)CN)[nH]1)OCO2. The van der Waals surface area contributed by atoms with Gasteiger partial charge in [0.2, 0.25) is 6.79 Å². The number of aromatic nitrogens is 2. The van der Waals surface area contributed by atoms with Gasteiger partial charge in [-0.3, -0.25) is 0 Å². The summed E-state index contributed by atoms with van der Waals surface area (Å²) >= 11 is 0. The van der Waals surface area contributed by atoms with E-state index in [0.717, 1.165) is 34.1 Å². The molecular weight excluding hydrogens is 242 g/mol. The number of aryl methyl sites for hydroxylation is 1. The van der Waals surface area contributed by atoms with Gasteiger partial charge in [0.25, 0.3) is 0 Å². The molecule has 1 aromatic carbocycles. The molecule has 0 bridgehead atoms. The second kappa shape index (κ2) is 4.59. The van der Waals surface area contributed by atoms with Crippen LogP contribution in [-0.4, -0.2) is 23.3 Å². The fourth-order valence-electron chi connectivity index (χ4n) is 2.17. The molecule has 5 nitrogen and oxygen atoms in total. The predicted molar refractivity (Wildman–Crippen MR) is 72.4 cm³/mol. The number of rotatable bonds is 3. The van der Waals surface area contributed by atoms with Crippen molar-refractivity contribution in [3.8, 4) is 22.8 Å². The zero-order valence-electron chi connectivity index (χ0n) is 11.1. The van der Waals surface area contributed by atoms with Crippen LogP contribution in [0.4, 0.5) is 0 Å². The van der Waals surface area contributed by atoms with Gasteiger partial charge in [-0.25, -0.2) is 4.98 Å². The molecule has 0 spiro atoms. The number of nitrogens with one attached hydrogen (secondary N) is 1. The van der Waals surface area contributed by atoms with E-state index in [4.69, 9.17) is 15.2 Å². The van der Waals surface area contributed by atoms with Crippen molar-refractivity contribution in [1.29, 1.82) is 0 Å². The Hall–Kier alpha value is -2.01. The van der Waals surface area contributed by atoms with Crippen molar-refractivity contribution in [3.63, 3.8) is 0 Å². The van der Waals surface area contributed by atoms with Crippen LogP contribution in [0.15, 0.2) is 18.3 Å². The van der Waals surface area contributed by atoms with E-state index in [2.05, 4.69) is 16.9 Å². The monoisotopic (exact) mass is 259 g/mol. The standard InChI is InChI=1S/C14H17N3O2/c1-8-3-12-13(19-7-18-12)4-10(8)11-6-16-14(17-11)9(2)5-15/h3-4,6,9H,5,7,15H2,1-2H3,(H,16,17). The normalized spacial score (nSPS) is 14.7. The topological polar surface area (TPSA) is 73.2 Å². The summed E-state index contributed by atoms with van der Waals surface area (Å²) in [4.78, 5) is 7.72. The van der Waals surface area contributed by atoms with Gasteiger partial charge in [0.1, 0.15) is 5.82 Å². The first-order valence-electron chi connectivity index (χ1n) is 6.34. The van der Waals surface area contributed by atoms with E-state index in [1.807, 2.05) is 25.3 Å². The highest BCUT2D eigenvalue weighted by Gasteiger charge is 2.18. The minimum absolute atomic E-state index is 0.225. The first-order chi connectivity index (χ1) is 9.19. The van der Waals surface area contributed by atoms with E-state index in [9.17, 15) is 0 Å². The molecule has 1 atom stereocenters. The van der Waals surface area contributed by atoms with Gasteiger partial charge in [-0.05, 0) is 24.6 Å². The highest BCUT2D eigenvalue weighted by molar-refractivity contribution is 5.68. The predicted octanol–water partition coefficient (Wildman–Crippen LogP) is 2.18. The molecule has 0 aliphatic carbocycles. The lowest BCUT2D eigenvalue weighted by Crippen LogP contribution is -2.10. The number of hydrogen-bond donors (Lipinski definition) is 2. The number of aromatic amines is 1. The van der Waals surface area contributed by atoms with Crippen molar-refractivity contribution < 1.29 is 9.47 Å². The molecule has 5 heteroatoms. The molecule has 0 saturated carbocycles. The molecule has 1 aliphatic rings. The molecule has 3 N–H and O–H groups in total. The average molecular weight is 259 g/mol. The van der Waals surface area contributed by atoms with Crippen molar-refractivity contribution >= 4 is 0 Å². The summed E-state index contributed by atoms with van der Waals surface area (Å²) in [6.07, 6.45) is 1.84. The van der Waals surface area contributed by atoms with E-state index in [1.54, 1.807) is 0 Å². The van der Waals surface area contributed by atoms with Gasteiger partial charge in [-0.15, -0.1) is 0 Å². The van der Waals surface area contributed by atoms with Crippen LogP contribution < -0.4 is 15.2 Å². The third kappa shape index (κ3) is 2.06. The van der Waals surface area contributed by atoms with Crippen LogP contribution in [0.3, 0.4) is 0 Å². The number of hydrogen-bond acceptors (Lipinski definition) is 4. The van der Waals surface area contributed by atoms with Crippen molar-refractivity contribution in [2.45, 2.75) is 19.8 Å². The minimum atomic E-state index is 0.225. The summed E-state index contributed by atoms with van der Waals surface area (Å²) in [6, 6.07) is 3.98. The van der Waals surface area contributed by atoms with Gasteiger partial charge < -0.3 is 20.2 Å². The summed E-state index contributed by atoms with van der Waals surface area (Å²) in [7, 11) is 0. The zero-order valence-corrected chi connectivity index (χ0v) is 11.1. The summed E-state index contributed by atoms with van der Waals surface area (Å²) in [6.45, 7) is 4.96. The lowest BCUT2D eigenvalue weighted by molar-refractivity contribution is 0.174. The number of imidazole rings is 1. The summed E-state index contributed by atoms with van der Waals surface area (Å²) in [5.74, 6) is 2.72. The molecule has 1 aromatic heterocycles. The van der Waals surface area contributed by atoms with E-state index in [1.165, 1.54) is 0 Å². The number of nitrogens with two attached hydrogens (primary N) is 1. The Kier molecular flexibility index (Phi) is 2.91. The number of nitrogens with zero attached hydrogens (tertiary/aromatic N) is 1. The van der Waals surface area contributed by atoms with E-state index < -0.39 is 0 Å². The van der Waals surface area contributed by atoms with Crippen molar-refractivity contribution in [1.82, 2.24) is 9.97 Å². The number of fused-ring (bicyclic) bond motifs is 1. The molecule has 0 amide bonds. The molecule has 0 fully saturated rings. The Balaban J connectivity index is 2.00. The minimum Gasteiger partial charge on any atom is -0.454 e. The summed E-state index contributed by atoms with van der Waals surface area (Å²) in [5.41, 5.74) is 8.84. The Bertz CT molecular complexity index is 607. The molecule has 0 saturated heterocycles. The van der Waals surface area contributed by atoms with Crippen molar-refractivity contribution in [2.24, 2.45) is 5.73 Å². The van der Waals surface area contributed by atoms with Crippen molar-refractivity contribution in [2.75, 3.05) is 13.3 Å². The molecular formula is C14H17N3O2. The molecule has 100 valence electrons. The molecule has 2 aromatic rings. The molecule has 0 radical (unpaired) electrons. The van der Waals surface area contributed by atoms with Crippen LogP contribution in [0.5, 0.6) is 11.5 Å². The van der Waals surface area contributed by atoms with Gasteiger partial charge in [0.15, 0.2) is 11.5 Å². The first-order valence-corrected chi connectivity index (χ1v) is 6.34. The summed E-state index contributed by atoms with van der Waals surface area (Å²) < 4.78 is 10.8. The van der Waals surface area contributed by atoms with Crippen LogP contribution in [0.25, 0.3) is 11.3 Å². The van der Waals surface area contributed by atoms with Crippen molar-refractivity contribution in [3.05, 3.63) is 29.7 Å². The van der Waals surface area contributed by atoms with Gasteiger partial charge in [0, 0.05) is 18.0 Å². The number of benzene rings is 1. The smallest absolute Gasteiger partial charge is 0.231 e. The molecule has 19 heavy (non-hydrogen) atoms. The Labute approximate surface area is 111 Å². The number of H-pyrrole nitrogens is 1. The van der Waals surface area contributed by atoms with Gasteiger partial charge >= 0.3 is 0 Å². The Morgan fingerprint density at radius 1 is 1.37 bits per heavy atom. The molecule has 1 aliphatic heterocycles. The Morgan fingerprint density at radius 2 is 2.11 bits per heavy atom. The zero-order chi connectivity index (χ0) is 13.4. The van der Waals surface area contributed by atoms with E-state index in [-0.39, 0.29) is 12.7 Å². The average Bonchev–Trinajstić information content (AvgIpc) is 3.04. The fraction of sp³-hybridized carbons (Fsp3) is 0.357. The fourth-order valence-corrected chi connectivity index (χ4v) is 2.17. The maximum Gasteiger partial charge on any atom is 0.231 e. The van der Waals surface area contributed by atoms with Crippen LogP contribution >= 0.6 is 0 Å². The Morgan fingerprint density at radius 3 is 2.84 bits per heavy atom. The maximum absolute atomic E-state index is 5.66. The lowest BCUT2D eigenvalue weighted by atomic mass is 10.1. The van der Waals surface area contributed by atoms with Gasteiger partial charge in [0.05, 0.1) is 11.9 Å². The molecule has 1 unspecified atom stereocenters. The third-order valence-corrected chi connectivity index (χ3v) is 3.43. The van der Waals surface area contributed by atoms with Gasteiger partial charge in [-0.2, -0.15) is 0 Å². The third-order valence-electron chi connectivity index (χ3n) is 3.43. The molecule has 2 heterocycles. The van der Waals surface area contributed by atoms with Crippen LogP contribution in [0.2, 0.25) is 0 Å². The van der Waals surface area contributed by atoms with Crippen LogP contribution in [0, 0.1) is 6.92 Å². The van der Waals surface area contributed by atoms with Gasteiger partial charge in [-0.1, -0.05) is 6.92 Å². The molecule has 3 rings (SSSR count). The van der Waals surface area contributed by atoms with Crippen LogP contribution in [-0.2, 0) is 0 Å². The first kappa shape index (κ1) is 12.0. The number of ether oxygens (including phenoxy) is 2. The largest absolute Gasteiger partial charge is 0.454 e.